The van der Waals surface area contributed by atoms with Crippen LogP contribution in [0.15, 0.2) is 17.0 Å². The Labute approximate surface area is 168 Å². The van der Waals surface area contributed by atoms with Gasteiger partial charge < -0.3 is 9.64 Å². The fourth-order valence-corrected chi connectivity index (χ4v) is 5.92. The first-order chi connectivity index (χ1) is 12.7. The highest BCUT2D eigenvalue weighted by atomic mass is 32.2. The summed E-state index contributed by atoms with van der Waals surface area (Å²) in [7, 11) is 1.62. The summed E-state index contributed by atoms with van der Waals surface area (Å²) >= 11 is 6.58. The normalized spacial score (nSPS) is 26.1. The zero-order chi connectivity index (χ0) is 19.7. The van der Waals surface area contributed by atoms with Gasteiger partial charge in [-0.05, 0) is 50.8 Å². The van der Waals surface area contributed by atoms with E-state index in [9.17, 15) is 9.59 Å². The molecule has 1 saturated heterocycles. The maximum absolute atomic E-state index is 13.5. The van der Waals surface area contributed by atoms with Crippen LogP contribution in [0.2, 0.25) is 0 Å². The Hall–Kier alpha value is -1.86. The van der Waals surface area contributed by atoms with Crippen molar-refractivity contribution >= 4 is 51.4 Å². The van der Waals surface area contributed by atoms with Gasteiger partial charge in [-0.1, -0.05) is 30.9 Å². The van der Waals surface area contributed by atoms with E-state index < -0.39 is 0 Å². The van der Waals surface area contributed by atoms with Crippen molar-refractivity contribution in [3.8, 4) is 5.75 Å². The summed E-state index contributed by atoms with van der Waals surface area (Å²) in [5.74, 6) is 0.692. The number of methoxy groups -OCH3 is 1. The number of likely N-dealkylation sites (N-methyl/N-ethyl adjacent to an activating group) is 1. The summed E-state index contributed by atoms with van der Waals surface area (Å²) in [6.45, 7) is 8.72. The molecule has 3 heterocycles. The van der Waals surface area contributed by atoms with Crippen molar-refractivity contribution in [3.63, 3.8) is 0 Å². The Balaban J connectivity index is 2.02. The number of carbonyl (C=O) groups is 2. The van der Waals surface area contributed by atoms with Crippen LogP contribution in [0.3, 0.4) is 0 Å². The van der Waals surface area contributed by atoms with Gasteiger partial charge in [-0.25, -0.2) is 0 Å². The van der Waals surface area contributed by atoms with Gasteiger partial charge in [-0.15, -0.1) is 0 Å². The van der Waals surface area contributed by atoms with Crippen molar-refractivity contribution in [3.05, 3.63) is 28.2 Å². The number of benzene rings is 1. The molecule has 1 aromatic rings. The predicted octanol–water partition coefficient (Wildman–Crippen LogP) is 3.92. The Kier molecular flexibility index (Phi) is 4.16. The lowest BCUT2D eigenvalue weighted by Gasteiger charge is -2.43. The quantitative estimate of drug-likeness (QED) is 0.554. The SMILES string of the molecule is CCN1C(=O)C(=C2C(=O)N3c4c2cc(OC)cc4C(C)CC3(C)C)SC1=S. The van der Waals surface area contributed by atoms with Gasteiger partial charge in [0.25, 0.3) is 11.8 Å². The lowest BCUT2D eigenvalue weighted by Crippen LogP contribution is -2.49. The minimum absolute atomic E-state index is 0.118. The van der Waals surface area contributed by atoms with Crippen LogP contribution in [0.25, 0.3) is 5.57 Å². The maximum Gasteiger partial charge on any atom is 0.266 e. The van der Waals surface area contributed by atoms with Gasteiger partial charge in [0.1, 0.15) is 10.1 Å². The summed E-state index contributed by atoms with van der Waals surface area (Å²) in [5.41, 5.74) is 2.93. The summed E-state index contributed by atoms with van der Waals surface area (Å²) in [6.07, 6.45) is 0.849. The monoisotopic (exact) mass is 402 g/mol. The number of hydrogen-bond acceptors (Lipinski definition) is 5. The van der Waals surface area contributed by atoms with Gasteiger partial charge >= 0.3 is 0 Å². The average Bonchev–Trinajstić information content (AvgIpc) is 3.05. The van der Waals surface area contributed by atoms with Gasteiger partial charge in [0.15, 0.2) is 0 Å². The number of amides is 2. The number of carbonyl (C=O) groups excluding carboxylic acids is 2. The molecule has 5 nitrogen and oxygen atoms in total. The lowest BCUT2D eigenvalue weighted by atomic mass is 9.80. The highest BCUT2D eigenvalue weighted by Crippen LogP contribution is 2.55. The third-order valence-corrected chi connectivity index (χ3v) is 7.04. The molecule has 3 aliphatic rings. The molecule has 0 spiro atoms. The fraction of sp³-hybridized carbons (Fsp3) is 0.450. The molecule has 4 rings (SSSR count). The second-order valence-electron chi connectivity index (χ2n) is 7.79. The summed E-state index contributed by atoms with van der Waals surface area (Å²) in [4.78, 5) is 30.3. The first-order valence-electron chi connectivity index (χ1n) is 9.06. The summed E-state index contributed by atoms with van der Waals surface area (Å²) in [5, 5.41) is 0. The van der Waals surface area contributed by atoms with Crippen LogP contribution in [0, 0.1) is 0 Å². The first kappa shape index (κ1) is 18.5. The molecular weight excluding hydrogens is 380 g/mol. The van der Waals surface area contributed by atoms with E-state index in [1.807, 2.05) is 24.0 Å². The van der Waals surface area contributed by atoms with Crippen LogP contribution in [-0.2, 0) is 9.59 Å². The molecule has 27 heavy (non-hydrogen) atoms. The Bertz CT molecular complexity index is 935. The van der Waals surface area contributed by atoms with Crippen LogP contribution in [-0.4, -0.2) is 40.2 Å². The van der Waals surface area contributed by atoms with E-state index in [2.05, 4.69) is 20.8 Å². The highest BCUT2D eigenvalue weighted by Gasteiger charge is 2.50. The van der Waals surface area contributed by atoms with E-state index in [4.69, 9.17) is 17.0 Å². The smallest absolute Gasteiger partial charge is 0.266 e. The van der Waals surface area contributed by atoms with Crippen LogP contribution in [0.4, 0.5) is 5.69 Å². The zero-order valence-corrected chi connectivity index (χ0v) is 17.7. The minimum atomic E-state index is -0.327. The third kappa shape index (κ3) is 2.48. The second kappa shape index (κ2) is 6.07. The molecule has 1 aromatic carbocycles. The average molecular weight is 403 g/mol. The Morgan fingerprint density at radius 2 is 2.00 bits per heavy atom. The molecule has 0 aromatic heterocycles. The molecule has 1 atom stereocenters. The molecule has 1 unspecified atom stereocenters. The molecular formula is C20H22N2O3S2. The van der Waals surface area contributed by atoms with Crippen molar-refractivity contribution in [2.75, 3.05) is 18.6 Å². The molecule has 0 bridgehead atoms. The van der Waals surface area contributed by atoms with E-state index in [-0.39, 0.29) is 23.3 Å². The fourth-order valence-electron chi connectivity index (χ4n) is 4.46. The predicted molar refractivity (Wildman–Crippen MR) is 112 cm³/mol. The van der Waals surface area contributed by atoms with Gasteiger partial charge in [-0.2, -0.15) is 0 Å². The highest BCUT2D eigenvalue weighted by molar-refractivity contribution is 8.26. The van der Waals surface area contributed by atoms with Crippen molar-refractivity contribution in [1.82, 2.24) is 4.90 Å². The molecule has 0 saturated carbocycles. The number of thiocarbonyl (C=S) groups is 1. The van der Waals surface area contributed by atoms with Crippen molar-refractivity contribution in [1.29, 1.82) is 0 Å². The van der Waals surface area contributed by atoms with Crippen LogP contribution in [0.5, 0.6) is 5.75 Å². The number of anilines is 1. The van der Waals surface area contributed by atoms with E-state index in [0.29, 0.717) is 27.1 Å². The molecule has 142 valence electrons. The van der Waals surface area contributed by atoms with E-state index >= 15 is 0 Å². The number of thioether (sulfide) groups is 1. The van der Waals surface area contributed by atoms with E-state index in [0.717, 1.165) is 23.2 Å². The number of ether oxygens (including phenoxy) is 1. The summed E-state index contributed by atoms with van der Waals surface area (Å²) < 4.78 is 6.00. The van der Waals surface area contributed by atoms with E-state index in [1.54, 1.807) is 12.0 Å². The van der Waals surface area contributed by atoms with Crippen molar-refractivity contribution in [2.24, 2.45) is 0 Å². The minimum Gasteiger partial charge on any atom is -0.497 e. The first-order valence-corrected chi connectivity index (χ1v) is 10.3. The zero-order valence-electron chi connectivity index (χ0n) is 16.1. The Morgan fingerprint density at radius 1 is 1.30 bits per heavy atom. The van der Waals surface area contributed by atoms with Crippen molar-refractivity contribution in [2.45, 2.75) is 45.6 Å². The van der Waals surface area contributed by atoms with E-state index in [1.165, 1.54) is 11.8 Å². The maximum atomic E-state index is 13.5. The van der Waals surface area contributed by atoms with Gasteiger partial charge in [0, 0.05) is 17.6 Å². The lowest BCUT2D eigenvalue weighted by molar-refractivity contribution is -0.122. The Morgan fingerprint density at radius 3 is 2.59 bits per heavy atom. The number of hydrogen-bond donors (Lipinski definition) is 0. The topological polar surface area (TPSA) is 49.9 Å². The molecule has 7 heteroatoms. The molecule has 2 amide bonds. The molecule has 0 radical (unpaired) electrons. The number of rotatable bonds is 2. The second-order valence-corrected chi connectivity index (χ2v) is 9.44. The molecule has 0 aliphatic carbocycles. The van der Waals surface area contributed by atoms with Crippen LogP contribution >= 0.6 is 24.0 Å². The standard InChI is InChI=1S/C20H22N2O3S2/c1-6-21-18(24)16(27-19(21)26)14-13-8-11(25-5)7-12-10(2)9-20(3,4)22(15(12)13)17(14)23/h7-8,10H,6,9H2,1-5H3. The molecule has 0 N–H and O–H groups in total. The largest absolute Gasteiger partial charge is 0.497 e. The molecule has 1 fully saturated rings. The third-order valence-electron chi connectivity index (χ3n) is 5.59. The van der Waals surface area contributed by atoms with Gasteiger partial charge in [0.05, 0.1) is 23.3 Å². The number of nitrogens with zero attached hydrogens (tertiary/aromatic N) is 2. The van der Waals surface area contributed by atoms with Gasteiger partial charge in [-0.3, -0.25) is 14.5 Å². The summed E-state index contributed by atoms with van der Waals surface area (Å²) in [6, 6.07) is 3.89. The van der Waals surface area contributed by atoms with Crippen LogP contribution < -0.4 is 9.64 Å². The van der Waals surface area contributed by atoms with Gasteiger partial charge in [0.2, 0.25) is 0 Å². The van der Waals surface area contributed by atoms with Crippen molar-refractivity contribution < 1.29 is 14.3 Å². The van der Waals surface area contributed by atoms with Crippen LogP contribution in [0.1, 0.15) is 51.2 Å². The molecule has 3 aliphatic heterocycles.